The highest BCUT2D eigenvalue weighted by atomic mass is 32.2. The normalized spacial score (nSPS) is 19.1. The van der Waals surface area contributed by atoms with Crippen LogP contribution in [0.2, 0.25) is 0 Å². The average Bonchev–Trinajstić information content (AvgIpc) is 3.44. The maximum absolute atomic E-state index is 12.7. The van der Waals surface area contributed by atoms with Crippen LogP contribution in [0.5, 0.6) is 0 Å². The molecule has 7 nitrogen and oxygen atoms in total. The Morgan fingerprint density at radius 2 is 1.69 bits per heavy atom. The van der Waals surface area contributed by atoms with Gasteiger partial charge >= 0.3 is 0 Å². The van der Waals surface area contributed by atoms with E-state index in [0.717, 1.165) is 25.7 Å². The zero-order chi connectivity index (χ0) is 18.7. The molecular formula is C18H25N3O4S. The average molecular weight is 379 g/mol. The molecule has 0 unspecified atom stereocenters. The first-order chi connectivity index (χ1) is 12.4. The minimum atomic E-state index is -3.52. The fourth-order valence-corrected chi connectivity index (χ4v) is 4.39. The van der Waals surface area contributed by atoms with Crippen molar-refractivity contribution in [3.8, 4) is 0 Å². The largest absolute Gasteiger partial charge is 0.352 e. The summed E-state index contributed by atoms with van der Waals surface area (Å²) in [6.07, 6.45) is 3.71. The molecule has 0 bridgehead atoms. The zero-order valence-electron chi connectivity index (χ0n) is 14.9. The molecule has 1 aliphatic carbocycles. The monoisotopic (exact) mass is 379 g/mol. The van der Waals surface area contributed by atoms with Crippen molar-refractivity contribution in [3.63, 3.8) is 0 Å². The van der Waals surface area contributed by atoms with E-state index in [-0.39, 0.29) is 23.4 Å². The predicted octanol–water partition coefficient (Wildman–Crippen LogP) is 1.12. The van der Waals surface area contributed by atoms with E-state index in [9.17, 15) is 18.0 Å². The Morgan fingerprint density at radius 1 is 1.08 bits per heavy atom. The second-order valence-corrected chi connectivity index (χ2v) is 9.07. The van der Waals surface area contributed by atoms with Crippen molar-refractivity contribution in [1.82, 2.24) is 14.9 Å². The number of benzene rings is 1. The molecule has 0 radical (unpaired) electrons. The first-order valence-corrected chi connectivity index (χ1v) is 10.5. The standard InChI is InChI=1S/C18H25N3O4S/c1-13-8-10-21(11-9-13)26(24,25)16-6-2-14(3-7-16)18(23)19-12-17(22)20-15-4-5-15/h2-3,6-7,13,15H,4-5,8-12H2,1H3,(H,19,23)(H,20,22). The third-order valence-electron chi connectivity index (χ3n) is 4.85. The van der Waals surface area contributed by atoms with Gasteiger partial charge in [-0.15, -0.1) is 0 Å². The van der Waals surface area contributed by atoms with Gasteiger partial charge in [-0.3, -0.25) is 9.59 Å². The number of carbonyl (C=O) groups is 2. The molecule has 2 aliphatic rings. The van der Waals surface area contributed by atoms with Crippen LogP contribution in [0.3, 0.4) is 0 Å². The van der Waals surface area contributed by atoms with Crippen LogP contribution in [0.4, 0.5) is 0 Å². The second kappa shape index (κ2) is 7.75. The van der Waals surface area contributed by atoms with Crippen molar-refractivity contribution in [2.45, 2.75) is 43.5 Å². The lowest BCUT2D eigenvalue weighted by Gasteiger charge is -2.29. The van der Waals surface area contributed by atoms with Crippen molar-refractivity contribution >= 4 is 21.8 Å². The smallest absolute Gasteiger partial charge is 0.251 e. The number of rotatable bonds is 6. The molecule has 8 heteroatoms. The van der Waals surface area contributed by atoms with E-state index in [2.05, 4.69) is 17.6 Å². The van der Waals surface area contributed by atoms with E-state index in [1.54, 1.807) is 0 Å². The van der Waals surface area contributed by atoms with Gasteiger partial charge in [0.1, 0.15) is 0 Å². The summed E-state index contributed by atoms with van der Waals surface area (Å²) in [4.78, 5) is 23.9. The fraction of sp³-hybridized carbons (Fsp3) is 0.556. The van der Waals surface area contributed by atoms with E-state index in [0.29, 0.717) is 24.6 Å². The van der Waals surface area contributed by atoms with Gasteiger partial charge in [0.05, 0.1) is 11.4 Å². The van der Waals surface area contributed by atoms with Gasteiger partial charge in [0.15, 0.2) is 0 Å². The third kappa shape index (κ3) is 4.62. The topological polar surface area (TPSA) is 95.6 Å². The number of piperidine rings is 1. The molecule has 0 atom stereocenters. The lowest BCUT2D eigenvalue weighted by molar-refractivity contribution is -0.120. The Morgan fingerprint density at radius 3 is 2.27 bits per heavy atom. The van der Waals surface area contributed by atoms with E-state index >= 15 is 0 Å². The molecule has 2 N–H and O–H groups in total. The van der Waals surface area contributed by atoms with Crippen LogP contribution < -0.4 is 10.6 Å². The van der Waals surface area contributed by atoms with E-state index in [4.69, 9.17) is 0 Å². The lowest BCUT2D eigenvalue weighted by Crippen LogP contribution is -2.38. The first kappa shape index (κ1) is 18.8. The summed E-state index contributed by atoms with van der Waals surface area (Å²) in [6.45, 7) is 3.10. The number of nitrogens with zero attached hydrogens (tertiary/aromatic N) is 1. The molecular weight excluding hydrogens is 354 g/mol. The summed E-state index contributed by atoms with van der Waals surface area (Å²) in [5.41, 5.74) is 0.329. The van der Waals surface area contributed by atoms with Crippen LogP contribution >= 0.6 is 0 Å². The summed E-state index contributed by atoms with van der Waals surface area (Å²) in [6, 6.07) is 6.11. The molecule has 0 aromatic heterocycles. The van der Waals surface area contributed by atoms with Gasteiger partial charge in [0.25, 0.3) is 5.91 Å². The molecule has 26 heavy (non-hydrogen) atoms. The molecule has 142 valence electrons. The van der Waals surface area contributed by atoms with Gasteiger partial charge in [-0.05, 0) is 55.9 Å². The lowest BCUT2D eigenvalue weighted by atomic mass is 10.0. The Kier molecular flexibility index (Phi) is 5.62. The Balaban J connectivity index is 1.58. The molecule has 1 aliphatic heterocycles. The van der Waals surface area contributed by atoms with E-state index in [1.807, 2.05) is 0 Å². The number of amides is 2. The summed E-state index contributed by atoms with van der Waals surface area (Å²) in [5.74, 6) is -0.0595. The quantitative estimate of drug-likeness (QED) is 0.774. The highest BCUT2D eigenvalue weighted by Gasteiger charge is 2.28. The summed E-state index contributed by atoms with van der Waals surface area (Å²) < 4.78 is 26.8. The molecule has 2 amide bonds. The van der Waals surface area contributed by atoms with Crippen LogP contribution in [0.15, 0.2) is 29.2 Å². The number of carbonyl (C=O) groups excluding carboxylic acids is 2. The molecule has 3 rings (SSSR count). The molecule has 2 fully saturated rings. The molecule has 1 aromatic carbocycles. The minimum absolute atomic E-state index is 0.0820. The maximum atomic E-state index is 12.7. The first-order valence-electron chi connectivity index (χ1n) is 9.04. The van der Waals surface area contributed by atoms with Crippen LogP contribution in [0.1, 0.15) is 43.0 Å². The maximum Gasteiger partial charge on any atom is 0.251 e. The number of hydrogen-bond acceptors (Lipinski definition) is 4. The zero-order valence-corrected chi connectivity index (χ0v) is 15.7. The predicted molar refractivity (Wildman–Crippen MR) is 97.1 cm³/mol. The van der Waals surface area contributed by atoms with Crippen LogP contribution in [0.25, 0.3) is 0 Å². The van der Waals surface area contributed by atoms with E-state index < -0.39 is 15.9 Å². The van der Waals surface area contributed by atoms with Crippen molar-refractivity contribution in [1.29, 1.82) is 0 Å². The number of sulfonamides is 1. The molecule has 1 saturated carbocycles. The fourth-order valence-electron chi connectivity index (χ4n) is 2.92. The van der Waals surface area contributed by atoms with Gasteiger partial charge in [-0.1, -0.05) is 6.92 Å². The summed E-state index contributed by atoms with van der Waals surface area (Å²) >= 11 is 0. The van der Waals surface area contributed by atoms with Crippen molar-refractivity contribution < 1.29 is 18.0 Å². The highest BCUT2D eigenvalue weighted by Crippen LogP contribution is 2.23. The Bertz CT molecular complexity index is 764. The van der Waals surface area contributed by atoms with Gasteiger partial charge in [-0.25, -0.2) is 8.42 Å². The van der Waals surface area contributed by atoms with Crippen LogP contribution in [-0.2, 0) is 14.8 Å². The van der Waals surface area contributed by atoms with Crippen molar-refractivity contribution in [3.05, 3.63) is 29.8 Å². The molecule has 0 spiro atoms. The molecule has 1 aromatic rings. The molecule has 1 saturated heterocycles. The summed E-state index contributed by atoms with van der Waals surface area (Å²) in [5, 5.41) is 5.34. The van der Waals surface area contributed by atoms with Crippen molar-refractivity contribution in [2.24, 2.45) is 5.92 Å². The van der Waals surface area contributed by atoms with Crippen molar-refractivity contribution in [2.75, 3.05) is 19.6 Å². The third-order valence-corrected chi connectivity index (χ3v) is 6.76. The highest BCUT2D eigenvalue weighted by molar-refractivity contribution is 7.89. The van der Waals surface area contributed by atoms with Crippen LogP contribution in [0, 0.1) is 5.92 Å². The van der Waals surface area contributed by atoms with Gasteiger partial charge < -0.3 is 10.6 Å². The van der Waals surface area contributed by atoms with Gasteiger partial charge in [0.2, 0.25) is 15.9 Å². The molecule has 1 heterocycles. The second-order valence-electron chi connectivity index (χ2n) is 7.14. The van der Waals surface area contributed by atoms with Gasteiger partial charge in [0, 0.05) is 24.7 Å². The van der Waals surface area contributed by atoms with E-state index in [1.165, 1.54) is 28.6 Å². The minimum Gasteiger partial charge on any atom is -0.352 e. The van der Waals surface area contributed by atoms with Gasteiger partial charge in [-0.2, -0.15) is 4.31 Å². The number of nitrogens with one attached hydrogen (secondary N) is 2. The number of hydrogen-bond donors (Lipinski definition) is 2. The summed E-state index contributed by atoms with van der Waals surface area (Å²) in [7, 11) is -3.52. The Labute approximate surface area is 154 Å². The van der Waals surface area contributed by atoms with Crippen LogP contribution in [-0.4, -0.2) is 50.2 Å². The Hall–Kier alpha value is -1.93. The SMILES string of the molecule is CC1CCN(S(=O)(=O)c2ccc(C(=O)NCC(=O)NC3CC3)cc2)CC1.